The summed E-state index contributed by atoms with van der Waals surface area (Å²) >= 11 is 0. The molecule has 0 fully saturated rings. The van der Waals surface area contributed by atoms with Crippen molar-refractivity contribution in [3.8, 4) is 0 Å². The fraction of sp³-hybridized carbons (Fsp3) is 0.217. The van der Waals surface area contributed by atoms with Gasteiger partial charge in [-0.05, 0) is 25.3 Å². The van der Waals surface area contributed by atoms with Gasteiger partial charge in [0.05, 0.1) is 0 Å². The molecule has 0 amide bonds. The van der Waals surface area contributed by atoms with Gasteiger partial charge in [-0.15, -0.1) is 0 Å². The van der Waals surface area contributed by atoms with E-state index >= 15 is 0 Å². The minimum Gasteiger partial charge on any atom is -0.184 e. The fourth-order valence-electron chi connectivity index (χ4n) is 2.31. The molecule has 0 saturated heterocycles. The molecule has 3 aromatic carbocycles. The smallest absolute Gasteiger partial charge is 0 e. The number of benzene rings is 3. The van der Waals surface area contributed by atoms with E-state index in [1.54, 1.807) is 0 Å². The second-order valence-corrected chi connectivity index (χ2v) is 5.82. The molecule has 0 aliphatic carbocycles. The summed E-state index contributed by atoms with van der Waals surface area (Å²) < 4.78 is 0. The molecular formula is C23H24Y-2. The van der Waals surface area contributed by atoms with Crippen molar-refractivity contribution >= 4 is 0 Å². The van der Waals surface area contributed by atoms with Gasteiger partial charge in [0.2, 0.25) is 0 Å². The van der Waals surface area contributed by atoms with Gasteiger partial charge >= 0.3 is 0 Å². The predicted octanol–water partition coefficient (Wildman–Crippen LogP) is 5.76. The molecular weight excluding hydrogens is 365 g/mol. The van der Waals surface area contributed by atoms with Crippen LogP contribution in [0.2, 0.25) is 0 Å². The molecule has 0 atom stereocenters. The molecule has 3 aromatic rings. The van der Waals surface area contributed by atoms with E-state index in [1.807, 2.05) is 36.4 Å². The van der Waals surface area contributed by atoms with E-state index < -0.39 is 0 Å². The Morgan fingerprint density at radius 1 is 0.583 bits per heavy atom. The Labute approximate surface area is 172 Å². The molecule has 0 aliphatic heterocycles. The first-order valence-corrected chi connectivity index (χ1v) is 8.17. The van der Waals surface area contributed by atoms with Crippen LogP contribution in [-0.2, 0) is 45.6 Å². The monoisotopic (exact) mass is 389 g/mol. The Balaban J connectivity index is 0.000000304. The van der Waals surface area contributed by atoms with Crippen LogP contribution >= 0.6 is 0 Å². The standard InChI is InChI=1S/C16H17.C7H7.Y/c1-14-10-12-16(13-11-14)9-5-8-15-6-3-2-4-7-15;1-7-5-3-2-4-6-7;/h3-4,6-7,10-13H,5,8-9H2,1H3;3-6H,1H3;/q2*-1;. The third-order valence-electron chi connectivity index (χ3n) is 3.72. The van der Waals surface area contributed by atoms with E-state index in [4.69, 9.17) is 0 Å². The largest absolute Gasteiger partial charge is 0.184 e. The Morgan fingerprint density at radius 3 is 1.46 bits per heavy atom. The van der Waals surface area contributed by atoms with Gasteiger partial charge in [-0.1, -0.05) is 43.2 Å². The first kappa shape index (κ1) is 20.8. The van der Waals surface area contributed by atoms with Crippen LogP contribution in [0.1, 0.15) is 28.7 Å². The average molecular weight is 389 g/mol. The van der Waals surface area contributed by atoms with E-state index in [9.17, 15) is 0 Å². The first-order valence-electron chi connectivity index (χ1n) is 8.17. The van der Waals surface area contributed by atoms with Crippen molar-refractivity contribution in [1.82, 2.24) is 0 Å². The van der Waals surface area contributed by atoms with Crippen molar-refractivity contribution in [2.24, 2.45) is 0 Å². The van der Waals surface area contributed by atoms with Crippen molar-refractivity contribution in [1.29, 1.82) is 0 Å². The van der Waals surface area contributed by atoms with Gasteiger partial charge in [-0.25, -0.2) is 0 Å². The van der Waals surface area contributed by atoms with E-state index in [1.165, 1.54) is 35.1 Å². The second kappa shape index (κ2) is 12.2. The van der Waals surface area contributed by atoms with E-state index in [0.717, 1.165) is 6.42 Å². The van der Waals surface area contributed by atoms with Crippen LogP contribution in [0, 0.1) is 26.0 Å². The Bertz CT molecular complexity index is 657. The van der Waals surface area contributed by atoms with Gasteiger partial charge in [-0.3, -0.25) is 0 Å². The molecule has 0 unspecified atom stereocenters. The Morgan fingerprint density at radius 2 is 1.00 bits per heavy atom. The molecule has 0 aliphatic rings. The van der Waals surface area contributed by atoms with Crippen LogP contribution in [0.3, 0.4) is 0 Å². The van der Waals surface area contributed by atoms with Crippen molar-refractivity contribution in [3.05, 3.63) is 107 Å². The fourth-order valence-corrected chi connectivity index (χ4v) is 2.31. The first-order chi connectivity index (χ1) is 11.2. The van der Waals surface area contributed by atoms with Crippen LogP contribution in [0.5, 0.6) is 0 Å². The molecule has 0 aromatic heterocycles. The second-order valence-electron chi connectivity index (χ2n) is 5.82. The zero-order chi connectivity index (χ0) is 16.3. The number of hydrogen-bond donors (Lipinski definition) is 0. The molecule has 121 valence electrons. The quantitative estimate of drug-likeness (QED) is 0.498. The summed E-state index contributed by atoms with van der Waals surface area (Å²) in [5, 5.41) is 0. The zero-order valence-corrected chi connectivity index (χ0v) is 17.5. The Kier molecular flexibility index (Phi) is 10.6. The molecule has 1 heteroatoms. The molecule has 0 N–H and O–H groups in total. The van der Waals surface area contributed by atoms with Gasteiger partial charge in [0.15, 0.2) is 0 Å². The molecule has 0 heterocycles. The maximum atomic E-state index is 3.05. The maximum Gasteiger partial charge on any atom is 0 e. The molecule has 0 saturated carbocycles. The van der Waals surface area contributed by atoms with Gasteiger partial charge in [-0.2, -0.15) is 71.8 Å². The number of hydrogen-bond acceptors (Lipinski definition) is 0. The molecule has 0 spiro atoms. The van der Waals surface area contributed by atoms with Gasteiger partial charge < -0.3 is 0 Å². The minimum absolute atomic E-state index is 0. The number of rotatable bonds is 4. The zero-order valence-electron chi connectivity index (χ0n) is 14.6. The van der Waals surface area contributed by atoms with Gasteiger partial charge in [0.1, 0.15) is 0 Å². The van der Waals surface area contributed by atoms with Crippen molar-refractivity contribution in [2.45, 2.75) is 33.1 Å². The van der Waals surface area contributed by atoms with Crippen molar-refractivity contribution < 1.29 is 32.7 Å². The summed E-state index contributed by atoms with van der Waals surface area (Å²) in [5.41, 5.74) is 5.47. The summed E-state index contributed by atoms with van der Waals surface area (Å²) in [6.07, 6.45) is 3.54. The SMILES string of the molecule is Cc1cc[c-]cc1.Cc1ccc(CCCc2cc[c-]cc2)cc1.[Y]. The molecule has 3 rings (SSSR count). The third kappa shape index (κ3) is 8.57. The van der Waals surface area contributed by atoms with E-state index in [-0.39, 0.29) is 32.7 Å². The summed E-state index contributed by atoms with van der Waals surface area (Å²) in [6.45, 7) is 4.19. The summed E-state index contributed by atoms with van der Waals surface area (Å²) in [7, 11) is 0. The van der Waals surface area contributed by atoms with Crippen LogP contribution in [0.25, 0.3) is 0 Å². The molecule has 0 nitrogen and oxygen atoms in total. The van der Waals surface area contributed by atoms with Gasteiger partial charge in [0, 0.05) is 32.7 Å². The molecule has 0 bridgehead atoms. The summed E-state index contributed by atoms with van der Waals surface area (Å²) in [6, 6.07) is 31.0. The van der Waals surface area contributed by atoms with E-state index in [0.29, 0.717) is 0 Å². The van der Waals surface area contributed by atoms with Crippen molar-refractivity contribution in [2.75, 3.05) is 0 Å². The van der Waals surface area contributed by atoms with Crippen LogP contribution in [0.15, 0.2) is 72.8 Å². The predicted molar refractivity (Wildman–Crippen MR) is 98.5 cm³/mol. The minimum atomic E-state index is 0. The molecule has 24 heavy (non-hydrogen) atoms. The van der Waals surface area contributed by atoms with Crippen LogP contribution < -0.4 is 0 Å². The Hall–Kier alpha value is -1.24. The summed E-state index contributed by atoms with van der Waals surface area (Å²) in [5.74, 6) is 0. The van der Waals surface area contributed by atoms with E-state index in [2.05, 4.69) is 62.4 Å². The normalized spacial score (nSPS) is 9.42. The maximum absolute atomic E-state index is 3.05. The van der Waals surface area contributed by atoms with Crippen molar-refractivity contribution in [3.63, 3.8) is 0 Å². The summed E-state index contributed by atoms with van der Waals surface area (Å²) in [4.78, 5) is 0. The number of aryl methyl sites for hydroxylation is 4. The van der Waals surface area contributed by atoms with Crippen LogP contribution in [-0.4, -0.2) is 0 Å². The topological polar surface area (TPSA) is 0 Å². The average Bonchev–Trinajstić information content (AvgIpc) is 2.59. The third-order valence-corrected chi connectivity index (χ3v) is 3.72. The van der Waals surface area contributed by atoms with Gasteiger partial charge in [0.25, 0.3) is 0 Å². The van der Waals surface area contributed by atoms with Crippen LogP contribution in [0.4, 0.5) is 0 Å². The molecule has 1 radical (unpaired) electrons.